The van der Waals surface area contributed by atoms with Crippen molar-refractivity contribution in [2.45, 2.75) is 57.1 Å². The number of rotatable bonds is 3. The molecule has 2 aliphatic heterocycles. The number of fused-ring (bicyclic) bond motifs is 1. The van der Waals surface area contributed by atoms with E-state index in [1.54, 1.807) is 6.33 Å². The number of H-pyrrole nitrogens is 1. The van der Waals surface area contributed by atoms with Crippen molar-refractivity contribution in [3.8, 4) is 0 Å². The van der Waals surface area contributed by atoms with Gasteiger partial charge in [0.2, 0.25) is 11.9 Å². The van der Waals surface area contributed by atoms with Gasteiger partial charge in [0.05, 0.1) is 17.8 Å². The lowest BCUT2D eigenvalue weighted by Crippen LogP contribution is -2.50. The van der Waals surface area contributed by atoms with Crippen LogP contribution in [0.25, 0.3) is 11.2 Å². The molecule has 1 aliphatic carbocycles. The molecule has 156 valence electrons. The first kappa shape index (κ1) is 18.6. The molecule has 2 saturated heterocycles. The van der Waals surface area contributed by atoms with Crippen molar-refractivity contribution >= 4 is 28.8 Å². The Kier molecular flexibility index (Phi) is 4.57. The highest BCUT2D eigenvalue weighted by Crippen LogP contribution is 2.43. The number of hydrogen-bond acceptors (Lipinski definition) is 7. The molecule has 1 atom stereocenters. The molecule has 3 fully saturated rings. The van der Waals surface area contributed by atoms with Gasteiger partial charge in [-0.25, -0.2) is 4.98 Å². The molecule has 29 heavy (non-hydrogen) atoms. The van der Waals surface area contributed by atoms with Crippen molar-refractivity contribution in [3.05, 3.63) is 6.33 Å². The normalized spacial score (nSPS) is 30.5. The van der Waals surface area contributed by atoms with Gasteiger partial charge in [-0.05, 0) is 44.9 Å². The number of hydrogen-bond donors (Lipinski definition) is 3. The summed E-state index contributed by atoms with van der Waals surface area (Å²) < 4.78 is 0. The van der Waals surface area contributed by atoms with Crippen LogP contribution in [0, 0.1) is 5.41 Å². The number of aromatic amines is 1. The maximum Gasteiger partial charge on any atom is 0.230 e. The SMILES string of the molecule is CNc1nc(N2CCCC3(CCN(C4CCC(O)CC4)C3=O)C2)nc2nc[nH]c12. The predicted molar refractivity (Wildman–Crippen MR) is 110 cm³/mol. The number of carbonyl (C=O) groups excluding carboxylic acids is 1. The van der Waals surface area contributed by atoms with Crippen LogP contribution in [0.15, 0.2) is 6.33 Å². The number of imidazole rings is 1. The van der Waals surface area contributed by atoms with E-state index in [4.69, 9.17) is 4.98 Å². The van der Waals surface area contributed by atoms with Crippen LogP contribution >= 0.6 is 0 Å². The predicted octanol–water partition coefficient (Wildman–Crippen LogP) is 1.52. The Bertz CT molecular complexity index is 907. The molecular weight excluding hydrogens is 370 g/mol. The highest BCUT2D eigenvalue weighted by Gasteiger charge is 2.51. The van der Waals surface area contributed by atoms with Crippen LogP contribution in [0.1, 0.15) is 44.9 Å². The quantitative estimate of drug-likeness (QED) is 0.718. The van der Waals surface area contributed by atoms with Gasteiger partial charge < -0.3 is 25.2 Å². The number of piperidine rings is 1. The number of nitrogens with one attached hydrogen (secondary N) is 2. The lowest BCUT2D eigenvalue weighted by atomic mass is 9.78. The average Bonchev–Trinajstić information content (AvgIpc) is 3.34. The number of nitrogens with zero attached hydrogens (tertiary/aromatic N) is 5. The fourth-order valence-electron chi connectivity index (χ4n) is 5.39. The molecule has 0 radical (unpaired) electrons. The summed E-state index contributed by atoms with van der Waals surface area (Å²) in [5, 5.41) is 12.9. The number of aliphatic hydroxyl groups is 1. The molecule has 1 unspecified atom stereocenters. The van der Waals surface area contributed by atoms with E-state index in [0.717, 1.165) is 69.4 Å². The molecule has 2 aromatic rings. The molecule has 2 aromatic heterocycles. The van der Waals surface area contributed by atoms with E-state index in [-0.39, 0.29) is 17.6 Å². The zero-order valence-corrected chi connectivity index (χ0v) is 16.9. The minimum atomic E-state index is -0.335. The minimum Gasteiger partial charge on any atom is -0.393 e. The first-order chi connectivity index (χ1) is 14.1. The second-order valence-corrected chi connectivity index (χ2v) is 8.74. The number of aromatic nitrogens is 4. The van der Waals surface area contributed by atoms with E-state index in [9.17, 15) is 9.90 Å². The van der Waals surface area contributed by atoms with Crippen molar-refractivity contribution in [3.63, 3.8) is 0 Å². The van der Waals surface area contributed by atoms with E-state index in [1.165, 1.54) is 0 Å². The Morgan fingerprint density at radius 2 is 2.03 bits per heavy atom. The summed E-state index contributed by atoms with van der Waals surface area (Å²) in [5.41, 5.74) is 1.10. The van der Waals surface area contributed by atoms with Gasteiger partial charge in [-0.1, -0.05) is 0 Å². The van der Waals surface area contributed by atoms with Crippen LogP contribution in [0.5, 0.6) is 0 Å². The van der Waals surface area contributed by atoms with Crippen molar-refractivity contribution in [2.24, 2.45) is 5.41 Å². The monoisotopic (exact) mass is 399 g/mol. The molecule has 5 rings (SSSR count). The lowest BCUT2D eigenvalue weighted by Gasteiger charge is -2.40. The Labute approximate surface area is 169 Å². The summed E-state index contributed by atoms with van der Waals surface area (Å²) >= 11 is 0. The van der Waals surface area contributed by atoms with Crippen LogP contribution in [0.4, 0.5) is 11.8 Å². The molecule has 9 heteroatoms. The van der Waals surface area contributed by atoms with Crippen LogP contribution < -0.4 is 10.2 Å². The van der Waals surface area contributed by atoms with Gasteiger partial charge in [0.1, 0.15) is 5.52 Å². The van der Waals surface area contributed by atoms with Gasteiger partial charge >= 0.3 is 0 Å². The molecule has 4 heterocycles. The summed E-state index contributed by atoms with van der Waals surface area (Å²) in [6, 6.07) is 0.285. The molecule has 3 aliphatic rings. The third-order valence-electron chi connectivity index (χ3n) is 7.02. The summed E-state index contributed by atoms with van der Waals surface area (Å²) in [5.74, 6) is 1.65. The highest BCUT2D eigenvalue weighted by molar-refractivity contribution is 5.87. The second-order valence-electron chi connectivity index (χ2n) is 8.74. The van der Waals surface area contributed by atoms with E-state index in [1.807, 2.05) is 7.05 Å². The van der Waals surface area contributed by atoms with Gasteiger partial charge in [0.25, 0.3) is 0 Å². The van der Waals surface area contributed by atoms with Crippen molar-refractivity contribution in [2.75, 3.05) is 36.9 Å². The molecule has 0 aromatic carbocycles. The Morgan fingerprint density at radius 3 is 2.83 bits per heavy atom. The maximum atomic E-state index is 13.5. The van der Waals surface area contributed by atoms with E-state index < -0.39 is 0 Å². The van der Waals surface area contributed by atoms with Gasteiger partial charge in [-0.3, -0.25) is 4.79 Å². The van der Waals surface area contributed by atoms with E-state index >= 15 is 0 Å². The number of likely N-dealkylation sites (tertiary alicyclic amines) is 1. The topological polar surface area (TPSA) is 110 Å². The largest absolute Gasteiger partial charge is 0.393 e. The fourth-order valence-corrected chi connectivity index (χ4v) is 5.39. The highest BCUT2D eigenvalue weighted by atomic mass is 16.3. The van der Waals surface area contributed by atoms with E-state index in [2.05, 4.69) is 30.1 Å². The molecule has 1 amide bonds. The lowest BCUT2D eigenvalue weighted by molar-refractivity contribution is -0.139. The Hall–Kier alpha value is -2.42. The summed E-state index contributed by atoms with van der Waals surface area (Å²) in [4.78, 5) is 34.5. The zero-order valence-electron chi connectivity index (χ0n) is 16.9. The number of anilines is 2. The van der Waals surface area contributed by atoms with Crippen LogP contribution in [0.2, 0.25) is 0 Å². The summed E-state index contributed by atoms with van der Waals surface area (Å²) in [7, 11) is 1.84. The van der Waals surface area contributed by atoms with Crippen LogP contribution in [0.3, 0.4) is 0 Å². The molecule has 1 spiro atoms. The van der Waals surface area contributed by atoms with Gasteiger partial charge in [-0.15, -0.1) is 0 Å². The fraction of sp³-hybridized carbons (Fsp3) is 0.700. The molecule has 3 N–H and O–H groups in total. The average molecular weight is 399 g/mol. The zero-order chi connectivity index (χ0) is 20.0. The number of amides is 1. The van der Waals surface area contributed by atoms with Gasteiger partial charge in [0.15, 0.2) is 11.5 Å². The van der Waals surface area contributed by atoms with Gasteiger partial charge in [0, 0.05) is 32.7 Å². The van der Waals surface area contributed by atoms with Gasteiger partial charge in [-0.2, -0.15) is 9.97 Å². The minimum absolute atomic E-state index is 0.196. The standard InChI is InChI=1S/C20H29N7O2/c1-21-16-15-17(23-12-22-15)25-19(24-16)26-9-2-7-20(11-26)8-10-27(18(20)29)13-3-5-14(28)6-4-13/h12-14,28H,2-11H2,1H3,(H2,21,22,23,24,25). The smallest absolute Gasteiger partial charge is 0.230 e. The molecule has 1 saturated carbocycles. The van der Waals surface area contributed by atoms with Crippen LogP contribution in [-0.2, 0) is 4.79 Å². The number of aliphatic hydroxyl groups excluding tert-OH is 1. The van der Waals surface area contributed by atoms with E-state index in [0.29, 0.717) is 24.0 Å². The molecule has 0 bridgehead atoms. The first-order valence-electron chi connectivity index (χ1n) is 10.7. The molecule has 9 nitrogen and oxygen atoms in total. The summed E-state index contributed by atoms with van der Waals surface area (Å²) in [6.45, 7) is 2.34. The molecular formula is C20H29N7O2. The van der Waals surface area contributed by atoms with Crippen LogP contribution in [-0.4, -0.2) is 74.7 Å². The maximum absolute atomic E-state index is 13.5. The van der Waals surface area contributed by atoms with Crippen molar-refractivity contribution < 1.29 is 9.90 Å². The Morgan fingerprint density at radius 1 is 1.21 bits per heavy atom. The third kappa shape index (κ3) is 3.11. The summed E-state index contributed by atoms with van der Waals surface area (Å²) in [6.07, 6.45) is 7.65. The van der Waals surface area contributed by atoms with Crippen molar-refractivity contribution in [1.29, 1.82) is 0 Å². The Balaban J connectivity index is 1.37. The second kappa shape index (κ2) is 7.12. The van der Waals surface area contributed by atoms with Crippen molar-refractivity contribution in [1.82, 2.24) is 24.8 Å². The first-order valence-corrected chi connectivity index (χ1v) is 10.7. The third-order valence-corrected chi connectivity index (χ3v) is 7.02. The number of carbonyl (C=O) groups is 1.